The Morgan fingerprint density at radius 1 is 1.50 bits per heavy atom. The van der Waals surface area contributed by atoms with E-state index in [1.807, 2.05) is 19.1 Å². The van der Waals surface area contributed by atoms with Crippen molar-refractivity contribution in [1.29, 1.82) is 0 Å². The molecule has 1 aromatic rings. The third-order valence-corrected chi connectivity index (χ3v) is 2.88. The van der Waals surface area contributed by atoms with Gasteiger partial charge in [-0.15, -0.1) is 0 Å². The number of amides is 1. The number of nitrogens with one attached hydrogen (secondary N) is 1. The van der Waals surface area contributed by atoms with Crippen molar-refractivity contribution in [3.8, 4) is 0 Å². The standard InChI is InChI=1S/C12H17BrN2O/c1-8(6-12(14)16)15-9(2)10-4-3-5-11(13)7-10/h3-5,7-9,15H,6H2,1-2H3,(H2,14,16)/t8-,9-/m0/s1. The molecule has 3 nitrogen and oxygen atoms in total. The Balaban J connectivity index is 2.58. The van der Waals surface area contributed by atoms with Gasteiger partial charge in [-0.1, -0.05) is 28.1 Å². The molecule has 1 aromatic carbocycles. The lowest BCUT2D eigenvalue weighted by Crippen LogP contribution is -2.32. The van der Waals surface area contributed by atoms with Gasteiger partial charge in [0, 0.05) is 23.0 Å². The topological polar surface area (TPSA) is 55.1 Å². The Kier molecular flexibility index (Phi) is 4.96. The first kappa shape index (κ1) is 13.2. The van der Waals surface area contributed by atoms with Gasteiger partial charge >= 0.3 is 0 Å². The molecule has 0 saturated carbocycles. The Morgan fingerprint density at radius 2 is 2.19 bits per heavy atom. The van der Waals surface area contributed by atoms with Crippen LogP contribution in [0.5, 0.6) is 0 Å². The Hall–Kier alpha value is -0.870. The predicted molar refractivity (Wildman–Crippen MR) is 69.0 cm³/mol. The molecular weight excluding hydrogens is 268 g/mol. The van der Waals surface area contributed by atoms with E-state index in [4.69, 9.17) is 5.73 Å². The molecular formula is C12H17BrN2O. The molecule has 0 aliphatic rings. The largest absolute Gasteiger partial charge is 0.370 e. The van der Waals surface area contributed by atoms with Gasteiger partial charge in [0.05, 0.1) is 0 Å². The molecule has 0 fully saturated rings. The summed E-state index contributed by atoms with van der Waals surface area (Å²) < 4.78 is 1.06. The zero-order valence-corrected chi connectivity index (χ0v) is 11.1. The van der Waals surface area contributed by atoms with Crippen LogP contribution in [0.15, 0.2) is 28.7 Å². The highest BCUT2D eigenvalue weighted by molar-refractivity contribution is 9.10. The van der Waals surface area contributed by atoms with Crippen LogP contribution < -0.4 is 11.1 Å². The van der Waals surface area contributed by atoms with Crippen molar-refractivity contribution in [2.24, 2.45) is 5.73 Å². The number of primary amides is 1. The van der Waals surface area contributed by atoms with Gasteiger partial charge in [-0.05, 0) is 31.5 Å². The number of halogens is 1. The third kappa shape index (κ3) is 4.33. The molecule has 0 unspecified atom stereocenters. The summed E-state index contributed by atoms with van der Waals surface area (Å²) in [6, 6.07) is 8.39. The van der Waals surface area contributed by atoms with Crippen molar-refractivity contribution in [2.75, 3.05) is 0 Å². The van der Waals surface area contributed by atoms with Crippen LogP contribution >= 0.6 is 15.9 Å². The number of hydrogen-bond acceptors (Lipinski definition) is 2. The summed E-state index contributed by atoms with van der Waals surface area (Å²) in [5.74, 6) is -0.276. The molecule has 3 N–H and O–H groups in total. The number of nitrogens with two attached hydrogens (primary N) is 1. The summed E-state index contributed by atoms with van der Waals surface area (Å²) in [6.07, 6.45) is 0.359. The molecule has 0 radical (unpaired) electrons. The van der Waals surface area contributed by atoms with Crippen LogP contribution in [0.3, 0.4) is 0 Å². The number of carbonyl (C=O) groups is 1. The minimum atomic E-state index is -0.276. The van der Waals surface area contributed by atoms with Gasteiger partial charge in [0.2, 0.25) is 5.91 Å². The van der Waals surface area contributed by atoms with Gasteiger partial charge in [-0.3, -0.25) is 4.79 Å². The Morgan fingerprint density at radius 3 is 2.75 bits per heavy atom. The van der Waals surface area contributed by atoms with Crippen LogP contribution in [0.25, 0.3) is 0 Å². The van der Waals surface area contributed by atoms with Gasteiger partial charge in [0.15, 0.2) is 0 Å². The second-order valence-corrected chi connectivity index (χ2v) is 4.93. The van der Waals surface area contributed by atoms with Crippen LogP contribution in [0.1, 0.15) is 31.9 Å². The molecule has 0 saturated heterocycles. The first-order valence-corrected chi connectivity index (χ1v) is 6.08. The average Bonchev–Trinajstić information content (AvgIpc) is 2.16. The van der Waals surface area contributed by atoms with E-state index in [-0.39, 0.29) is 18.0 Å². The zero-order valence-electron chi connectivity index (χ0n) is 9.53. The van der Waals surface area contributed by atoms with Crippen molar-refractivity contribution >= 4 is 21.8 Å². The first-order valence-electron chi connectivity index (χ1n) is 5.29. The second-order valence-electron chi connectivity index (χ2n) is 4.01. The molecule has 88 valence electrons. The molecule has 1 rings (SSSR count). The highest BCUT2D eigenvalue weighted by atomic mass is 79.9. The van der Waals surface area contributed by atoms with Crippen LogP contribution in [-0.2, 0) is 4.79 Å². The molecule has 2 atom stereocenters. The molecule has 0 heterocycles. The van der Waals surface area contributed by atoms with E-state index in [0.717, 1.165) is 4.47 Å². The lowest BCUT2D eigenvalue weighted by Gasteiger charge is -2.19. The molecule has 4 heteroatoms. The smallest absolute Gasteiger partial charge is 0.218 e. The van der Waals surface area contributed by atoms with E-state index >= 15 is 0 Å². The fourth-order valence-electron chi connectivity index (χ4n) is 1.66. The highest BCUT2D eigenvalue weighted by Gasteiger charge is 2.11. The predicted octanol–water partition coefficient (Wildman–Crippen LogP) is 2.36. The summed E-state index contributed by atoms with van der Waals surface area (Å²) >= 11 is 3.44. The Labute approximate surface area is 105 Å². The maximum atomic E-state index is 10.8. The normalized spacial score (nSPS) is 14.4. The molecule has 0 aliphatic carbocycles. The molecule has 1 amide bonds. The maximum Gasteiger partial charge on any atom is 0.218 e. The van der Waals surface area contributed by atoms with Crippen LogP contribution in [0, 0.1) is 0 Å². The third-order valence-electron chi connectivity index (χ3n) is 2.39. The van der Waals surface area contributed by atoms with Crippen LogP contribution in [0.2, 0.25) is 0 Å². The van der Waals surface area contributed by atoms with Crippen molar-refractivity contribution in [1.82, 2.24) is 5.32 Å². The lowest BCUT2D eigenvalue weighted by atomic mass is 10.1. The monoisotopic (exact) mass is 284 g/mol. The summed E-state index contributed by atoms with van der Waals surface area (Å²) in [5.41, 5.74) is 6.33. The fourth-order valence-corrected chi connectivity index (χ4v) is 2.08. The van der Waals surface area contributed by atoms with E-state index in [1.165, 1.54) is 5.56 Å². The van der Waals surface area contributed by atoms with Gasteiger partial charge in [-0.25, -0.2) is 0 Å². The van der Waals surface area contributed by atoms with Gasteiger partial charge < -0.3 is 11.1 Å². The molecule has 0 aromatic heterocycles. The molecule has 0 spiro atoms. The number of hydrogen-bond donors (Lipinski definition) is 2. The number of carbonyl (C=O) groups excluding carboxylic acids is 1. The minimum Gasteiger partial charge on any atom is -0.370 e. The summed E-state index contributed by atoms with van der Waals surface area (Å²) in [7, 11) is 0. The van der Waals surface area contributed by atoms with E-state index in [9.17, 15) is 4.79 Å². The average molecular weight is 285 g/mol. The van der Waals surface area contributed by atoms with Crippen molar-refractivity contribution in [3.63, 3.8) is 0 Å². The van der Waals surface area contributed by atoms with Crippen molar-refractivity contribution in [3.05, 3.63) is 34.3 Å². The maximum absolute atomic E-state index is 10.8. The van der Waals surface area contributed by atoms with E-state index in [1.54, 1.807) is 0 Å². The number of benzene rings is 1. The molecule has 16 heavy (non-hydrogen) atoms. The summed E-state index contributed by atoms with van der Waals surface area (Å²) in [6.45, 7) is 4.03. The molecule has 0 bridgehead atoms. The highest BCUT2D eigenvalue weighted by Crippen LogP contribution is 2.18. The van der Waals surface area contributed by atoms with E-state index in [0.29, 0.717) is 6.42 Å². The van der Waals surface area contributed by atoms with E-state index in [2.05, 4.69) is 40.3 Å². The first-order chi connectivity index (χ1) is 7.49. The second kappa shape index (κ2) is 6.01. The molecule has 0 aliphatic heterocycles. The van der Waals surface area contributed by atoms with Gasteiger partial charge in [0.25, 0.3) is 0 Å². The van der Waals surface area contributed by atoms with Crippen LogP contribution in [0.4, 0.5) is 0 Å². The van der Waals surface area contributed by atoms with Crippen molar-refractivity contribution < 1.29 is 4.79 Å². The quantitative estimate of drug-likeness (QED) is 0.872. The van der Waals surface area contributed by atoms with Crippen LogP contribution in [-0.4, -0.2) is 11.9 Å². The lowest BCUT2D eigenvalue weighted by molar-refractivity contribution is -0.118. The van der Waals surface area contributed by atoms with Gasteiger partial charge in [-0.2, -0.15) is 0 Å². The Bertz CT molecular complexity index is 368. The van der Waals surface area contributed by atoms with Gasteiger partial charge in [0.1, 0.15) is 0 Å². The van der Waals surface area contributed by atoms with Crippen molar-refractivity contribution in [2.45, 2.75) is 32.4 Å². The van der Waals surface area contributed by atoms with E-state index < -0.39 is 0 Å². The SMILES string of the molecule is C[C@H](N[C@@H](C)CC(N)=O)c1cccc(Br)c1. The zero-order chi connectivity index (χ0) is 12.1. The summed E-state index contributed by atoms with van der Waals surface area (Å²) in [5, 5.41) is 3.33. The minimum absolute atomic E-state index is 0.0893. The number of rotatable bonds is 5. The summed E-state index contributed by atoms with van der Waals surface area (Å²) in [4.78, 5) is 10.8. The fraction of sp³-hybridized carbons (Fsp3) is 0.417.